The van der Waals surface area contributed by atoms with Crippen molar-refractivity contribution in [2.24, 2.45) is 0 Å². The summed E-state index contributed by atoms with van der Waals surface area (Å²) in [4.78, 5) is 0. The summed E-state index contributed by atoms with van der Waals surface area (Å²) in [6.07, 6.45) is 0. The van der Waals surface area contributed by atoms with Crippen molar-refractivity contribution in [3.05, 3.63) is 40.1 Å². The van der Waals surface area contributed by atoms with Crippen LogP contribution >= 0.6 is 34.8 Å². The highest BCUT2D eigenvalue weighted by Gasteiger charge is 2.23. The first-order valence-electron chi connectivity index (χ1n) is 3.79. The fourth-order valence-electron chi connectivity index (χ4n) is 0.941. The van der Waals surface area contributed by atoms with Crippen molar-refractivity contribution in [2.45, 2.75) is 10.9 Å². The number of quaternary nitrogens is 1. The fourth-order valence-corrected chi connectivity index (χ4v) is 1.47. The van der Waals surface area contributed by atoms with Crippen LogP contribution in [0.1, 0.15) is 10.9 Å². The Kier molecular flexibility index (Phi) is 4.44. The van der Waals surface area contributed by atoms with Crippen molar-refractivity contribution in [3.8, 4) is 0 Å². The summed E-state index contributed by atoms with van der Waals surface area (Å²) < 4.78 is 0. The lowest BCUT2D eigenvalue weighted by molar-refractivity contribution is -1.06. The van der Waals surface area contributed by atoms with Crippen LogP contribution in [0.15, 0.2) is 24.3 Å². The minimum atomic E-state index is -1.14. The number of nitrogens with one attached hydrogen (secondary N) is 1. The molecule has 2 N–H and O–H groups in total. The van der Waals surface area contributed by atoms with Crippen LogP contribution in [-0.4, -0.2) is 10.7 Å². The van der Waals surface area contributed by atoms with Crippen LogP contribution in [0.4, 0.5) is 0 Å². The van der Waals surface area contributed by atoms with Crippen molar-refractivity contribution < 1.29 is 10.4 Å². The molecule has 0 amide bonds. The standard InChI is InChI=1S/C8H8Cl3NO2/c9-6-3-1-5(2-4-6)7(10)8(11)12(13)14/h1-4,7-8,12-13H. The smallest absolute Gasteiger partial charge is 0.212 e. The molecule has 0 saturated heterocycles. The van der Waals surface area contributed by atoms with Crippen molar-refractivity contribution in [1.29, 1.82) is 0 Å². The molecule has 0 aliphatic rings. The highest BCUT2D eigenvalue weighted by atomic mass is 35.5. The quantitative estimate of drug-likeness (QED) is 0.493. The third-order valence-corrected chi connectivity index (χ3v) is 3.00. The Bertz CT molecular complexity index is 291. The second-order valence-corrected chi connectivity index (χ2v) is 4.07. The number of hydrogen-bond donors (Lipinski definition) is 2. The summed E-state index contributed by atoms with van der Waals surface area (Å²) in [5.41, 5.74) is -0.503. The van der Waals surface area contributed by atoms with Gasteiger partial charge < -0.3 is 5.21 Å². The Labute approximate surface area is 96.3 Å². The molecule has 14 heavy (non-hydrogen) atoms. The van der Waals surface area contributed by atoms with Crippen LogP contribution in [0.3, 0.4) is 0 Å². The first-order valence-corrected chi connectivity index (χ1v) is 5.04. The molecule has 3 nitrogen and oxygen atoms in total. The van der Waals surface area contributed by atoms with Crippen LogP contribution in [-0.2, 0) is 0 Å². The van der Waals surface area contributed by atoms with Gasteiger partial charge in [0.05, 0.1) is 0 Å². The van der Waals surface area contributed by atoms with E-state index in [-0.39, 0.29) is 0 Å². The van der Waals surface area contributed by atoms with Crippen LogP contribution in [0.25, 0.3) is 0 Å². The lowest BCUT2D eigenvalue weighted by atomic mass is 10.1. The van der Waals surface area contributed by atoms with Crippen molar-refractivity contribution >= 4 is 34.8 Å². The monoisotopic (exact) mass is 255 g/mol. The van der Waals surface area contributed by atoms with Gasteiger partial charge in [0.25, 0.3) is 0 Å². The third kappa shape index (κ3) is 2.98. The van der Waals surface area contributed by atoms with Crippen LogP contribution in [0.5, 0.6) is 0 Å². The molecule has 0 heterocycles. The number of hydrogen-bond acceptors (Lipinski definition) is 2. The molecule has 0 radical (unpaired) electrons. The van der Waals surface area contributed by atoms with Gasteiger partial charge in [-0.05, 0) is 17.7 Å². The summed E-state index contributed by atoms with van der Waals surface area (Å²) in [6.45, 7) is 0. The predicted molar refractivity (Wildman–Crippen MR) is 55.8 cm³/mol. The molecule has 3 atom stereocenters. The molecule has 0 aliphatic heterocycles. The minimum Gasteiger partial charge on any atom is -0.599 e. The Morgan fingerprint density at radius 2 is 1.71 bits per heavy atom. The SMILES string of the molecule is [O-][NH+](O)C(Cl)C(Cl)c1ccc(Cl)cc1. The Hall–Kier alpha value is -0.0300. The van der Waals surface area contributed by atoms with Gasteiger partial charge in [-0.25, -0.2) is 10.4 Å². The topological polar surface area (TPSA) is 47.7 Å². The molecule has 0 aliphatic carbocycles. The van der Waals surface area contributed by atoms with Gasteiger partial charge in [0.2, 0.25) is 5.50 Å². The maximum Gasteiger partial charge on any atom is 0.212 e. The molecule has 1 aromatic rings. The third-order valence-electron chi connectivity index (χ3n) is 1.68. The van der Waals surface area contributed by atoms with E-state index in [9.17, 15) is 5.21 Å². The van der Waals surface area contributed by atoms with Crippen molar-refractivity contribution in [1.82, 2.24) is 0 Å². The maximum atomic E-state index is 10.5. The molecule has 1 rings (SSSR count). The highest BCUT2D eigenvalue weighted by Crippen LogP contribution is 2.25. The molecule has 0 aromatic heterocycles. The van der Waals surface area contributed by atoms with E-state index in [1.54, 1.807) is 24.3 Å². The van der Waals surface area contributed by atoms with E-state index in [2.05, 4.69) is 0 Å². The molecular weight excluding hydrogens is 248 g/mol. The van der Waals surface area contributed by atoms with Gasteiger partial charge in [-0.15, -0.1) is 11.6 Å². The van der Waals surface area contributed by atoms with Gasteiger partial charge >= 0.3 is 0 Å². The summed E-state index contributed by atoms with van der Waals surface area (Å²) in [5, 5.41) is 17.8. The second kappa shape index (κ2) is 5.16. The summed E-state index contributed by atoms with van der Waals surface area (Å²) in [6, 6.07) is 6.58. The van der Waals surface area contributed by atoms with E-state index in [4.69, 9.17) is 40.0 Å². The first kappa shape index (κ1) is 12.0. The summed E-state index contributed by atoms with van der Waals surface area (Å²) in [7, 11) is 0. The number of rotatable bonds is 3. The van der Waals surface area contributed by atoms with Crippen LogP contribution in [0, 0.1) is 5.21 Å². The Morgan fingerprint density at radius 1 is 1.21 bits per heavy atom. The molecule has 3 unspecified atom stereocenters. The zero-order valence-corrected chi connectivity index (χ0v) is 9.22. The summed E-state index contributed by atoms with van der Waals surface area (Å²) in [5.74, 6) is 0. The fraction of sp³-hybridized carbons (Fsp3) is 0.250. The zero-order valence-electron chi connectivity index (χ0n) is 6.95. The van der Waals surface area contributed by atoms with E-state index in [1.165, 1.54) is 0 Å². The normalized spacial score (nSPS) is 17.5. The van der Waals surface area contributed by atoms with Crippen LogP contribution < -0.4 is 5.23 Å². The Balaban J connectivity index is 2.78. The highest BCUT2D eigenvalue weighted by molar-refractivity contribution is 6.31. The zero-order chi connectivity index (χ0) is 10.7. The molecule has 0 saturated carbocycles. The molecule has 6 heteroatoms. The van der Waals surface area contributed by atoms with E-state index in [1.807, 2.05) is 0 Å². The van der Waals surface area contributed by atoms with Gasteiger partial charge in [0.15, 0.2) is 0 Å². The molecule has 78 valence electrons. The van der Waals surface area contributed by atoms with Gasteiger partial charge in [-0.1, -0.05) is 35.3 Å². The number of hydroxylamine groups is 2. The molecule has 0 fully saturated rings. The average molecular weight is 257 g/mol. The average Bonchev–Trinajstić information content (AvgIpc) is 2.16. The van der Waals surface area contributed by atoms with Crippen molar-refractivity contribution in [2.75, 3.05) is 0 Å². The number of halogens is 3. The number of benzene rings is 1. The second-order valence-electron chi connectivity index (χ2n) is 2.69. The lowest BCUT2D eigenvalue weighted by Crippen LogP contribution is -3.08. The molecule has 1 aromatic carbocycles. The number of alkyl halides is 2. The van der Waals surface area contributed by atoms with Gasteiger partial charge in [0, 0.05) is 5.02 Å². The summed E-state index contributed by atoms with van der Waals surface area (Å²) >= 11 is 17.1. The minimum absolute atomic E-state index is 0.569. The molecular formula is C8H8Cl3NO2. The van der Waals surface area contributed by atoms with E-state index < -0.39 is 16.1 Å². The van der Waals surface area contributed by atoms with Crippen molar-refractivity contribution in [3.63, 3.8) is 0 Å². The maximum absolute atomic E-state index is 10.5. The van der Waals surface area contributed by atoms with Gasteiger partial charge in [-0.2, -0.15) is 0 Å². The predicted octanol–water partition coefficient (Wildman–Crippen LogP) is 1.96. The molecule has 0 bridgehead atoms. The van der Waals surface area contributed by atoms with Gasteiger partial charge in [-0.3, -0.25) is 0 Å². The van der Waals surface area contributed by atoms with E-state index in [0.29, 0.717) is 10.6 Å². The lowest BCUT2D eigenvalue weighted by Gasteiger charge is -2.22. The van der Waals surface area contributed by atoms with E-state index in [0.717, 1.165) is 0 Å². The molecule has 0 spiro atoms. The van der Waals surface area contributed by atoms with Gasteiger partial charge in [0.1, 0.15) is 5.38 Å². The van der Waals surface area contributed by atoms with E-state index >= 15 is 0 Å². The Morgan fingerprint density at radius 3 is 2.14 bits per heavy atom. The largest absolute Gasteiger partial charge is 0.599 e. The first-order chi connectivity index (χ1) is 6.52. The van der Waals surface area contributed by atoms with Crippen LogP contribution in [0.2, 0.25) is 5.02 Å².